The van der Waals surface area contributed by atoms with Gasteiger partial charge in [-0.2, -0.15) is 0 Å². The highest BCUT2D eigenvalue weighted by atomic mass is 16.5. The Bertz CT molecular complexity index is 1600. The molecule has 0 radical (unpaired) electrons. The lowest BCUT2D eigenvalue weighted by molar-refractivity contribution is -0.143. The smallest absolute Gasteiger partial charge is 0.305 e. The van der Waals surface area contributed by atoms with Gasteiger partial charge in [-0.05, 0) is 96.3 Å². The third-order valence-corrected chi connectivity index (χ3v) is 19.5. The Labute approximate surface area is 581 Å². The maximum absolute atomic E-state index is 12.6. The van der Waals surface area contributed by atoms with E-state index < -0.39 is 12.1 Å². The number of hydrogen-bond donors (Lipinski definition) is 3. The van der Waals surface area contributed by atoms with Crippen molar-refractivity contribution in [2.75, 3.05) is 13.2 Å². The van der Waals surface area contributed by atoms with E-state index in [1.54, 1.807) is 6.08 Å². The molecular formula is C87H163NO5. The van der Waals surface area contributed by atoms with Gasteiger partial charge >= 0.3 is 5.97 Å². The molecule has 0 aliphatic heterocycles. The van der Waals surface area contributed by atoms with Crippen LogP contribution in [0.3, 0.4) is 0 Å². The van der Waals surface area contributed by atoms with Crippen molar-refractivity contribution in [1.29, 1.82) is 0 Å². The summed E-state index contributed by atoms with van der Waals surface area (Å²) in [5.74, 6) is -0.0542. The van der Waals surface area contributed by atoms with Gasteiger partial charge in [-0.15, -0.1) is 0 Å². The topological polar surface area (TPSA) is 95.9 Å². The fourth-order valence-corrected chi connectivity index (χ4v) is 13.1. The Morgan fingerprint density at radius 1 is 0.301 bits per heavy atom. The van der Waals surface area contributed by atoms with Crippen LogP contribution in [0.1, 0.15) is 457 Å². The second-order valence-electron chi connectivity index (χ2n) is 28.8. The monoisotopic (exact) mass is 1300 g/mol. The molecule has 2 unspecified atom stereocenters. The summed E-state index contributed by atoms with van der Waals surface area (Å²) in [6.45, 7) is 4.92. The van der Waals surface area contributed by atoms with Gasteiger partial charge < -0.3 is 20.3 Å². The molecule has 0 aromatic rings. The Morgan fingerprint density at radius 2 is 0.538 bits per heavy atom. The third-order valence-electron chi connectivity index (χ3n) is 19.5. The van der Waals surface area contributed by atoms with Gasteiger partial charge in [0.1, 0.15) is 0 Å². The van der Waals surface area contributed by atoms with Crippen molar-refractivity contribution < 1.29 is 24.5 Å². The number of esters is 1. The van der Waals surface area contributed by atoms with Crippen LogP contribution >= 0.6 is 0 Å². The first-order valence-electron chi connectivity index (χ1n) is 42.1. The molecule has 0 saturated heterocycles. The number of carbonyl (C=O) groups is 2. The minimum absolute atomic E-state index is 0.00636. The van der Waals surface area contributed by atoms with E-state index in [1.807, 2.05) is 6.08 Å². The summed E-state index contributed by atoms with van der Waals surface area (Å²) in [4.78, 5) is 24.6. The standard InChI is InChI=1S/C87H163NO5/c1-3-5-7-9-11-13-15-17-19-20-21-22-42-45-48-52-55-59-63-67-71-75-79-85(90)84(83-89)88-86(91)80-76-72-68-64-60-56-53-49-46-43-40-38-36-34-32-30-28-26-24-23-25-27-29-31-33-35-37-39-41-44-47-50-54-58-62-66-70-74-78-82-93-87(92)81-77-73-69-65-61-57-51-18-16-14-12-10-8-6-4-2/h12,14,18,23-24,27,29,51,75,79,84-85,89-90H,3-11,13,15-17,19-22,25-26,28,30-50,52-74,76-78,80-83H2,1-2H3,(H,88,91)/b14-12-,24-23-,29-27-,51-18-,79-75+. The molecule has 0 aliphatic carbocycles. The first-order valence-corrected chi connectivity index (χ1v) is 42.1. The maximum Gasteiger partial charge on any atom is 0.305 e. The molecule has 546 valence electrons. The van der Waals surface area contributed by atoms with E-state index in [-0.39, 0.29) is 18.5 Å². The number of aliphatic hydroxyl groups excluding tert-OH is 2. The van der Waals surface area contributed by atoms with Crippen molar-refractivity contribution in [2.45, 2.75) is 469 Å². The molecule has 0 bridgehead atoms. The molecule has 0 aromatic heterocycles. The molecule has 0 aliphatic rings. The molecule has 0 fully saturated rings. The van der Waals surface area contributed by atoms with Crippen LogP contribution in [-0.2, 0) is 14.3 Å². The molecular weight excluding hydrogens is 1140 g/mol. The largest absolute Gasteiger partial charge is 0.466 e. The van der Waals surface area contributed by atoms with Gasteiger partial charge in [0.25, 0.3) is 0 Å². The zero-order chi connectivity index (χ0) is 67.0. The Kier molecular flexibility index (Phi) is 79.8. The summed E-state index contributed by atoms with van der Waals surface area (Å²) in [5.41, 5.74) is 0. The highest BCUT2D eigenvalue weighted by Crippen LogP contribution is 2.20. The predicted molar refractivity (Wildman–Crippen MR) is 412 cm³/mol. The number of aliphatic hydroxyl groups is 2. The highest BCUT2D eigenvalue weighted by molar-refractivity contribution is 5.76. The molecule has 0 heterocycles. The molecule has 6 heteroatoms. The molecule has 3 N–H and O–H groups in total. The van der Waals surface area contributed by atoms with Crippen molar-refractivity contribution in [3.63, 3.8) is 0 Å². The van der Waals surface area contributed by atoms with E-state index in [4.69, 9.17) is 4.74 Å². The van der Waals surface area contributed by atoms with Crippen molar-refractivity contribution >= 4 is 11.9 Å². The quantitative estimate of drug-likeness (QED) is 0.0320. The van der Waals surface area contributed by atoms with Crippen LogP contribution in [0.25, 0.3) is 0 Å². The first kappa shape index (κ1) is 90.6. The fourth-order valence-electron chi connectivity index (χ4n) is 13.1. The Morgan fingerprint density at radius 3 is 0.839 bits per heavy atom. The zero-order valence-corrected chi connectivity index (χ0v) is 62.8. The summed E-state index contributed by atoms with van der Waals surface area (Å²) in [6.07, 6.45) is 111. The molecule has 0 spiro atoms. The molecule has 93 heavy (non-hydrogen) atoms. The second kappa shape index (κ2) is 82.0. The third kappa shape index (κ3) is 78.4. The number of allylic oxidation sites excluding steroid dienone is 9. The van der Waals surface area contributed by atoms with Gasteiger partial charge in [0.05, 0.1) is 25.4 Å². The number of nitrogens with one attached hydrogen (secondary N) is 1. The van der Waals surface area contributed by atoms with Crippen molar-refractivity contribution in [2.24, 2.45) is 0 Å². The molecule has 0 aromatic carbocycles. The first-order chi connectivity index (χ1) is 46.0. The van der Waals surface area contributed by atoms with E-state index >= 15 is 0 Å². The van der Waals surface area contributed by atoms with Crippen molar-refractivity contribution in [3.05, 3.63) is 60.8 Å². The maximum atomic E-state index is 12.6. The van der Waals surface area contributed by atoms with E-state index in [9.17, 15) is 19.8 Å². The summed E-state index contributed by atoms with van der Waals surface area (Å²) >= 11 is 0. The lowest BCUT2D eigenvalue weighted by atomic mass is 10.0. The minimum Gasteiger partial charge on any atom is -0.466 e. The lowest BCUT2D eigenvalue weighted by Gasteiger charge is -2.20. The molecule has 2 atom stereocenters. The van der Waals surface area contributed by atoms with Crippen LogP contribution in [0, 0.1) is 0 Å². The average Bonchev–Trinajstić information content (AvgIpc) is 3.78. The predicted octanol–water partition coefficient (Wildman–Crippen LogP) is 28.1. The normalized spacial score (nSPS) is 12.8. The van der Waals surface area contributed by atoms with Crippen LogP contribution in [0.15, 0.2) is 60.8 Å². The van der Waals surface area contributed by atoms with Crippen LogP contribution in [-0.4, -0.2) is 47.4 Å². The summed E-state index contributed by atoms with van der Waals surface area (Å²) in [7, 11) is 0. The van der Waals surface area contributed by atoms with Gasteiger partial charge in [0.15, 0.2) is 0 Å². The number of hydrogen-bond acceptors (Lipinski definition) is 5. The lowest BCUT2D eigenvalue weighted by Crippen LogP contribution is -2.45. The van der Waals surface area contributed by atoms with Gasteiger partial charge in [-0.25, -0.2) is 0 Å². The van der Waals surface area contributed by atoms with E-state index in [2.05, 4.69) is 67.8 Å². The number of rotatable bonds is 79. The van der Waals surface area contributed by atoms with Crippen molar-refractivity contribution in [3.8, 4) is 0 Å². The van der Waals surface area contributed by atoms with Crippen LogP contribution in [0.5, 0.6) is 0 Å². The molecule has 1 amide bonds. The molecule has 0 saturated carbocycles. The summed E-state index contributed by atoms with van der Waals surface area (Å²) < 4.78 is 5.49. The Balaban J connectivity index is 3.38. The van der Waals surface area contributed by atoms with Crippen LogP contribution < -0.4 is 5.32 Å². The van der Waals surface area contributed by atoms with Crippen LogP contribution in [0.4, 0.5) is 0 Å². The minimum atomic E-state index is -0.844. The van der Waals surface area contributed by atoms with E-state index in [0.29, 0.717) is 19.4 Å². The number of unbranched alkanes of at least 4 members (excludes halogenated alkanes) is 60. The Hall–Kier alpha value is -2.44. The van der Waals surface area contributed by atoms with Gasteiger partial charge in [-0.3, -0.25) is 9.59 Å². The van der Waals surface area contributed by atoms with E-state index in [0.717, 1.165) is 57.8 Å². The molecule has 0 rings (SSSR count). The number of carbonyl (C=O) groups excluding carboxylic acids is 2. The van der Waals surface area contributed by atoms with Crippen LogP contribution in [0.2, 0.25) is 0 Å². The number of amides is 1. The number of ether oxygens (including phenoxy) is 1. The summed E-state index contributed by atoms with van der Waals surface area (Å²) in [6, 6.07) is -0.628. The van der Waals surface area contributed by atoms with Gasteiger partial charge in [0.2, 0.25) is 5.91 Å². The van der Waals surface area contributed by atoms with Gasteiger partial charge in [0, 0.05) is 12.8 Å². The zero-order valence-electron chi connectivity index (χ0n) is 62.8. The summed E-state index contributed by atoms with van der Waals surface area (Å²) in [5, 5.41) is 23.3. The second-order valence-corrected chi connectivity index (χ2v) is 28.8. The van der Waals surface area contributed by atoms with Gasteiger partial charge in [-0.1, -0.05) is 408 Å². The van der Waals surface area contributed by atoms with Crippen molar-refractivity contribution in [1.82, 2.24) is 5.32 Å². The SMILES string of the molecule is CCCCC/C=C\C/C=C\CCCCCCCC(=O)OCCCCCCCCCCCCCCCCC/C=C\C/C=C\CCCCCCCCCCCCCCCCCCCC(=O)NC(CO)C(O)/C=C/CCCCCCCCCCCCCCCCCCCCCC. The highest BCUT2D eigenvalue weighted by Gasteiger charge is 2.18. The average molecular weight is 1300 g/mol. The van der Waals surface area contributed by atoms with E-state index in [1.165, 1.54) is 372 Å². The molecule has 6 nitrogen and oxygen atoms in total. The fraction of sp³-hybridized carbons (Fsp3) is 0.862.